The number of ether oxygens (including phenoxy) is 1. The highest BCUT2D eigenvalue weighted by molar-refractivity contribution is 5.83. The van der Waals surface area contributed by atoms with Crippen LogP contribution in [0.15, 0.2) is 47.4 Å². The molecular weight excluding hydrogens is 487 g/mol. The van der Waals surface area contributed by atoms with Crippen molar-refractivity contribution in [3.63, 3.8) is 0 Å². The Morgan fingerprint density at radius 2 is 1.89 bits per heavy atom. The fourth-order valence-electron chi connectivity index (χ4n) is 4.64. The first-order chi connectivity index (χ1) is 17.9. The van der Waals surface area contributed by atoms with Gasteiger partial charge >= 0.3 is 12.1 Å². The van der Waals surface area contributed by atoms with Gasteiger partial charge in [-0.25, -0.2) is 9.97 Å². The molecule has 5 rings (SSSR count). The monoisotopic (exact) mass is 515 g/mol. The van der Waals surface area contributed by atoms with Crippen molar-refractivity contribution >= 4 is 16.9 Å². The van der Waals surface area contributed by atoms with Gasteiger partial charge in [-0.2, -0.15) is 18.2 Å². The van der Waals surface area contributed by atoms with E-state index in [1.54, 1.807) is 7.11 Å². The van der Waals surface area contributed by atoms with Crippen LogP contribution in [0.5, 0.6) is 0 Å². The lowest BCUT2D eigenvalue weighted by Crippen LogP contribution is -2.38. The third kappa shape index (κ3) is 5.75. The molecule has 0 amide bonds. The molecule has 9 nitrogen and oxygen atoms in total. The maximum Gasteiger partial charge on any atom is 0.471 e. The van der Waals surface area contributed by atoms with E-state index in [1.807, 2.05) is 0 Å². The van der Waals surface area contributed by atoms with Crippen LogP contribution in [0, 0.1) is 5.92 Å². The largest absolute Gasteiger partial charge is 0.471 e. The summed E-state index contributed by atoms with van der Waals surface area (Å²) in [5, 5.41) is 8.26. The molecule has 0 atom stereocenters. The second-order valence-corrected chi connectivity index (χ2v) is 9.11. The zero-order valence-electron chi connectivity index (χ0n) is 20.4. The molecule has 1 N–H and O–H groups in total. The van der Waals surface area contributed by atoms with Gasteiger partial charge in [-0.15, -0.1) is 0 Å². The summed E-state index contributed by atoms with van der Waals surface area (Å²) in [7, 11) is 1.72. The van der Waals surface area contributed by atoms with E-state index >= 15 is 0 Å². The van der Waals surface area contributed by atoms with Crippen LogP contribution in [0.3, 0.4) is 0 Å². The summed E-state index contributed by atoms with van der Waals surface area (Å²) < 4.78 is 49.8. The molecule has 0 radical (unpaired) electrons. The lowest BCUT2D eigenvalue weighted by Gasteiger charge is -2.32. The van der Waals surface area contributed by atoms with E-state index in [2.05, 4.69) is 69.9 Å². The first kappa shape index (κ1) is 25.2. The first-order valence-corrected chi connectivity index (χ1v) is 12.2. The molecule has 0 aliphatic carbocycles. The van der Waals surface area contributed by atoms with Gasteiger partial charge < -0.3 is 24.0 Å². The fraction of sp³-hybridized carbons (Fsp3) is 0.440. The molecule has 1 aromatic carbocycles. The van der Waals surface area contributed by atoms with Gasteiger partial charge in [0.05, 0.1) is 12.2 Å². The Morgan fingerprint density at radius 1 is 1.14 bits per heavy atom. The van der Waals surface area contributed by atoms with Crippen LogP contribution in [-0.2, 0) is 24.0 Å². The average molecular weight is 516 g/mol. The lowest BCUT2D eigenvalue weighted by molar-refractivity contribution is -0.159. The number of fused-ring (bicyclic) bond motifs is 1. The number of alkyl halides is 3. The van der Waals surface area contributed by atoms with Crippen LogP contribution >= 0.6 is 0 Å². The summed E-state index contributed by atoms with van der Waals surface area (Å²) in [6.45, 7) is 4.84. The van der Waals surface area contributed by atoms with Gasteiger partial charge in [0.15, 0.2) is 0 Å². The van der Waals surface area contributed by atoms with Gasteiger partial charge in [0, 0.05) is 62.8 Å². The Balaban J connectivity index is 1.12. The molecular formula is C25H28F3N7O2. The number of halogens is 3. The number of para-hydroxylation sites is 1. The number of nitrogens with one attached hydrogen (secondary N) is 1. The summed E-state index contributed by atoms with van der Waals surface area (Å²) in [5.41, 5.74) is 2.77. The van der Waals surface area contributed by atoms with Crippen LogP contribution in [-0.4, -0.2) is 58.0 Å². The molecule has 0 bridgehead atoms. The molecule has 1 aliphatic heterocycles. The molecule has 0 unspecified atom stereocenters. The Hall–Kier alpha value is -3.51. The minimum absolute atomic E-state index is 0.189. The lowest BCUT2D eigenvalue weighted by atomic mass is 9.97. The molecule has 1 fully saturated rings. The van der Waals surface area contributed by atoms with Crippen LogP contribution in [0.2, 0.25) is 0 Å². The van der Waals surface area contributed by atoms with Crippen molar-refractivity contribution in [1.29, 1.82) is 0 Å². The fourth-order valence-corrected chi connectivity index (χ4v) is 4.64. The molecule has 3 aromatic heterocycles. The van der Waals surface area contributed by atoms with Crippen molar-refractivity contribution in [2.24, 2.45) is 5.92 Å². The number of rotatable bonds is 9. The number of hydrogen-bond acceptors (Lipinski definition) is 8. The van der Waals surface area contributed by atoms with Gasteiger partial charge in [0.25, 0.3) is 0 Å². The highest BCUT2D eigenvalue weighted by Gasteiger charge is 2.38. The molecule has 12 heteroatoms. The molecule has 1 aliphatic rings. The average Bonchev–Trinajstić information content (AvgIpc) is 3.54. The van der Waals surface area contributed by atoms with Gasteiger partial charge in [-0.05, 0) is 36.9 Å². The number of nitrogens with zero attached hydrogens (tertiary/aromatic N) is 6. The van der Waals surface area contributed by atoms with Crippen LogP contribution in [0.25, 0.3) is 22.3 Å². The summed E-state index contributed by atoms with van der Waals surface area (Å²) >= 11 is 0. The number of benzene rings is 1. The zero-order valence-corrected chi connectivity index (χ0v) is 20.4. The maximum atomic E-state index is 12.7. The van der Waals surface area contributed by atoms with E-state index in [-0.39, 0.29) is 11.4 Å². The van der Waals surface area contributed by atoms with Crippen molar-refractivity contribution in [2.75, 3.05) is 38.3 Å². The minimum atomic E-state index is -4.69. The van der Waals surface area contributed by atoms with E-state index in [4.69, 9.17) is 4.74 Å². The SMILES string of the molecule is COCCn1cc(CNCC2CCN(c3ncc(-c4noc(C(F)(F)F)n4)cn3)CC2)c2ccccc21. The first-order valence-electron chi connectivity index (χ1n) is 12.2. The Labute approximate surface area is 211 Å². The van der Waals surface area contributed by atoms with Crippen molar-refractivity contribution in [1.82, 2.24) is 30.0 Å². The van der Waals surface area contributed by atoms with Gasteiger partial charge in [-0.3, -0.25) is 0 Å². The third-order valence-corrected chi connectivity index (χ3v) is 6.62. The Bertz CT molecular complexity index is 1310. The van der Waals surface area contributed by atoms with Crippen molar-refractivity contribution in [2.45, 2.75) is 32.1 Å². The highest BCUT2D eigenvalue weighted by atomic mass is 19.4. The van der Waals surface area contributed by atoms with E-state index < -0.39 is 12.1 Å². The number of methoxy groups -OCH3 is 1. The Kier molecular flexibility index (Phi) is 7.38. The minimum Gasteiger partial charge on any atom is -0.383 e. The normalized spacial score (nSPS) is 15.1. The Morgan fingerprint density at radius 3 is 2.59 bits per heavy atom. The molecule has 37 heavy (non-hydrogen) atoms. The molecule has 4 heterocycles. The number of aromatic nitrogens is 5. The summed E-state index contributed by atoms with van der Waals surface area (Å²) in [4.78, 5) is 14.1. The quantitative estimate of drug-likeness (QED) is 0.355. The predicted molar refractivity (Wildman–Crippen MR) is 131 cm³/mol. The molecule has 0 saturated carbocycles. The van der Waals surface area contributed by atoms with Gasteiger partial charge in [0.1, 0.15) is 0 Å². The van der Waals surface area contributed by atoms with Crippen LogP contribution in [0.1, 0.15) is 24.3 Å². The molecule has 0 spiro atoms. The topological polar surface area (TPSA) is 94.1 Å². The smallest absolute Gasteiger partial charge is 0.383 e. The van der Waals surface area contributed by atoms with E-state index in [1.165, 1.54) is 28.9 Å². The second-order valence-electron chi connectivity index (χ2n) is 9.11. The summed E-state index contributed by atoms with van der Waals surface area (Å²) in [6, 6.07) is 8.43. The summed E-state index contributed by atoms with van der Waals surface area (Å²) in [6.07, 6.45) is 2.35. The van der Waals surface area contributed by atoms with E-state index in [0.29, 0.717) is 18.5 Å². The number of hydrogen-bond donors (Lipinski definition) is 1. The second kappa shape index (κ2) is 10.9. The van der Waals surface area contributed by atoms with E-state index in [0.717, 1.165) is 45.6 Å². The van der Waals surface area contributed by atoms with Crippen LogP contribution < -0.4 is 10.2 Å². The third-order valence-electron chi connectivity index (χ3n) is 6.62. The van der Waals surface area contributed by atoms with E-state index in [9.17, 15) is 13.2 Å². The maximum absolute atomic E-state index is 12.7. The molecule has 196 valence electrons. The van der Waals surface area contributed by atoms with Crippen molar-refractivity contribution in [3.8, 4) is 11.4 Å². The number of anilines is 1. The van der Waals surface area contributed by atoms with Crippen LogP contribution in [0.4, 0.5) is 19.1 Å². The van der Waals surface area contributed by atoms with Gasteiger partial charge in [-0.1, -0.05) is 23.4 Å². The molecule has 4 aromatic rings. The van der Waals surface area contributed by atoms with Crippen molar-refractivity contribution in [3.05, 3.63) is 54.3 Å². The van der Waals surface area contributed by atoms with Crippen molar-refractivity contribution < 1.29 is 22.4 Å². The molecule has 1 saturated heterocycles. The zero-order chi connectivity index (χ0) is 25.8. The van der Waals surface area contributed by atoms with Gasteiger partial charge in [0.2, 0.25) is 11.8 Å². The standard InChI is InChI=1S/C25H28F3N7O2/c1-36-11-10-35-16-19(20-4-2-3-5-21(20)35)13-29-12-17-6-8-34(9-7-17)24-30-14-18(15-31-24)22-32-23(37-33-22)25(26,27)28/h2-5,14-17,29H,6-13H2,1H3. The highest BCUT2D eigenvalue weighted by Crippen LogP contribution is 2.29. The predicted octanol–water partition coefficient (Wildman–Crippen LogP) is 4.15. The number of piperidine rings is 1. The summed E-state index contributed by atoms with van der Waals surface area (Å²) in [5.74, 6) is -0.499.